The topological polar surface area (TPSA) is 0 Å². The number of allylic oxidation sites excluding steroid dienone is 2. The van der Waals surface area contributed by atoms with Crippen molar-refractivity contribution in [2.45, 2.75) is 47.0 Å². The van der Waals surface area contributed by atoms with Gasteiger partial charge < -0.3 is 24.8 Å². The van der Waals surface area contributed by atoms with Crippen molar-refractivity contribution in [1.82, 2.24) is 0 Å². The van der Waals surface area contributed by atoms with Gasteiger partial charge in [-0.2, -0.15) is 0 Å². The van der Waals surface area contributed by atoms with Crippen LogP contribution in [0.3, 0.4) is 0 Å². The third-order valence-corrected chi connectivity index (χ3v) is 29.9. The zero-order valence-corrected chi connectivity index (χ0v) is 32.9. The van der Waals surface area contributed by atoms with Crippen molar-refractivity contribution in [3.63, 3.8) is 0 Å². The third-order valence-electron chi connectivity index (χ3n) is 8.80. The van der Waals surface area contributed by atoms with Gasteiger partial charge in [0.25, 0.3) is 0 Å². The standard InChI is InChI=1S/2C17H13Cl2.C2H6Si.2ClH.Zr/c2*1-2-11-9-12-5-3-6-13(15(12)10-11)14-7-4-8-16(18)17(14)19;1-3-2;;;/h2*3-10H,2H2,1H3;1-2H3;2*1H;/q;;;;;+2/p-2. The average Bonchev–Trinajstić information content (AvgIpc) is 3.55. The van der Waals surface area contributed by atoms with Gasteiger partial charge in [-0.25, -0.2) is 0 Å². The summed E-state index contributed by atoms with van der Waals surface area (Å²) in [7, 11) is 0. The summed E-state index contributed by atoms with van der Waals surface area (Å²) >= 11 is 24.2. The molecule has 0 bridgehead atoms. The Hall–Kier alpha value is -0.800. The third kappa shape index (κ3) is 6.25. The second-order valence-corrected chi connectivity index (χ2v) is 30.7. The van der Waals surface area contributed by atoms with E-state index in [1.807, 2.05) is 24.3 Å². The van der Waals surface area contributed by atoms with Gasteiger partial charge in [0, 0.05) is 0 Å². The minimum atomic E-state index is -2.27. The first-order valence-electron chi connectivity index (χ1n) is 14.5. The summed E-state index contributed by atoms with van der Waals surface area (Å²) in [5.74, 6) is 0. The molecule has 0 spiro atoms. The van der Waals surface area contributed by atoms with E-state index in [0.717, 1.165) is 24.0 Å². The molecule has 0 fully saturated rings. The predicted octanol–water partition coefficient (Wildman–Crippen LogP) is 6.91. The van der Waals surface area contributed by atoms with E-state index in [2.05, 4.69) is 87.6 Å². The molecule has 0 radical (unpaired) electrons. The van der Waals surface area contributed by atoms with Crippen LogP contribution in [0.4, 0.5) is 0 Å². The summed E-state index contributed by atoms with van der Waals surface area (Å²) in [6, 6.07) is 25.6. The van der Waals surface area contributed by atoms with Crippen molar-refractivity contribution in [3.05, 3.63) is 126 Å². The fourth-order valence-corrected chi connectivity index (χ4v) is 28.5. The molecule has 0 saturated heterocycles. The van der Waals surface area contributed by atoms with Crippen molar-refractivity contribution < 1.29 is 45.2 Å². The van der Waals surface area contributed by atoms with Crippen LogP contribution in [0.15, 0.2) is 83.9 Å². The van der Waals surface area contributed by atoms with Gasteiger partial charge in [0.2, 0.25) is 0 Å². The average molecular weight is 797 g/mol. The molecule has 2 unspecified atom stereocenters. The van der Waals surface area contributed by atoms with E-state index < -0.39 is 25.8 Å². The summed E-state index contributed by atoms with van der Waals surface area (Å²) in [5, 5.41) is 2.46. The Kier molecular flexibility index (Phi) is 12.3. The first-order chi connectivity index (χ1) is 20.3. The molecule has 44 heavy (non-hydrogen) atoms. The molecule has 6 rings (SSSR count). The van der Waals surface area contributed by atoms with Gasteiger partial charge >= 0.3 is 280 Å². The minimum absolute atomic E-state index is 0. The molecule has 4 aromatic rings. The molecular formula is C36H32Cl6SiZr. The quantitative estimate of drug-likeness (QED) is 0.186. The van der Waals surface area contributed by atoms with E-state index in [1.165, 1.54) is 33.4 Å². The van der Waals surface area contributed by atoms with Crippen LogP contribution < -0.4 is 24.8 Å². The molecule has 0 N–H and O–H groups in total. The maximum atomic E-state index is 6.77. The zero-order valence-electron chi connectivity index (χ0n) is 24.9. The molecular weight excluding hydrogens is 764 g/mol. The first kappa shape index (κ1) is 36.0. The minimum Gasteiger partial charge on any atom is -1.00 e. The molecule has 0 aliphatic heterocycles. The number of halogens is 6. The van der Waals surface area contributed by atoms with Crippen LogP contribution in [-0.2, 0) is 20.4 Å². The Morgan fingerprint density at radius 1 is 0.568 bits per heavy atom. The molecule has 0 saturated carbocycles. The molecule has 2 aliphatic carbocycles. The smallest absolute Gasteiger partial charge is 1.00 e. The van der Waals surface area contributed by atoms with Crippen LogP contribution in [0.25, 0.3) is 34.4 Å². The largest absolute Gasteiger partial charge is 1.00 e. The van der Waals surface area contributed by atoms with E-state index in [-0.39, 0.29) is 24.8 Å². The predicted molar refractivity (Wildman–Crippen MR) is 183 cm³/mol. The monoisotopic (exact) mass is 792 g/mol. The number of benzene rings is 4. The number of hydrogen-bond donors (Lipinski definition) is 0. The first-order valence-corrected chi connectivity index (χ1v) is 25.0. The van der Waals surface area contributed by atoms with Gasteiger partial charge in [0.15, 0.2) is 0 Å². The molecule has 0 amide bonds. The van der Waals surface area contributed by atoms with Crippen LogP contribution >= 0.6 is 46.4 Å². The molecule has 8 heteroatoms. The second-order valence-electron chi connectivity index (χ2n) is 11.3. The summed E-state index contributed by atoms with van der Waals surface area (Å²) in [6.07, 6.45) is 7.10. The van der Waals surface area contributed by atoms with E-state index in [4.69, 9.17) is 46.4 Å². The van der Waals surface area contributed by atoms with Crippen molar-refractivity contribution in [2.24, 2.45) is 0 Å². The Labute approximate surface area is 301 Å². The Bertz CT molecular complexity index is 1710. The van der Waals surface area contributed by atoms with Crippen LogP contribution in [0.1, 0.15) is 56.2 Å². The Morgan fingerprint density at radius 2 is 0.932 bits per heavy atom. The van der Waals surface area contributed by atoms with Gasteiger partial charge in [0.1, 0.15) is 0 Å². The molecule has 226 valence electrons. The maximum Gasteiger partial charge on any atom is -1.00 e. The Balaban J connectivity index is 0.00000221. The van der Waals surface area contributed by atoms with E-state index in [0.29, 0.717) is 27.3 Å². The molecule has 0 nitrogen and oxygen atoms in total. The maximum absolute atomic E-state index is 6.77. The van der Waals surface area contributed by atoms with Crippen molar-refractivity contribution in [3.8, 4) is 22.3 Å². The van der Waals surface area contributed by atoms with Crippen LogP contribution in [0.2, 0.25) is 33.2 Å². The van der Waals surface area contributed by atoms with Gasteiger partial charge in [-0.05, 0) is 0 Å². The summed E-state index contributed by atoms with van der Waals surface area (Å²) in [4.78, 5) is 0. The van der Waals surface area contributed by atoms with Crippen molar-refractivity contribution in [1.29, 1.82) is 0 Å². The van der Waals surface area contributed by atoms with Gasteiger partial charge in [-0.15, -0.1) is 0 Å². The van der Waals surface area contributed by atoms with Gasteiger partial charge in [0.05, 0.1) is 0 Å². The fourth-order valence-electron chi connectivity index (χ4n) is 6.91. The summed E-state index contributed by atoms with van der Waals surface area (Å²) in [6.45, 7) is 9.80. The van der Waals surface area contributed by atoms with Crippen LogP contribution in [0.5, 0.6) is 0 Å². The molecule has 2 aliphatic rings. The van der Waals surface area contributed by atoms with E-state index >= 15 is 0 Å². The normalized spacial score (nSPS) is 16.1. The summed E-state index contributed by atoms with van der Waals surface area (Å²) in [5.41, 5.74) is 12.7. The number of rotatable bonds is 6. The Morgan fingerprint density at radius 3 is 1.30 bits per heavy atom. The van der Waals surface area contributed by atoms with E-state index in [9.17, 15) is 0 Å². The molecule has 4 aromatic carbocycles. The molecule has 0 aromatic heterocycles. The van der Waals surface area contributed by atoms with Crippen LogP contribution in [0, 0.1) is 0 Å². The molecule has 0 heterocycles. The number of fused-ring (bicyclic) bond motifs is 2. The van der Waals surface area contributed by atoms with Crippen LogP contribution in [-0.4, -0.2) is 5.43 Å². The van der Waals surface area contributed by atoms with Crippen molar-refractivity contribution in [2.75, 3.05) is 0 Å². The van der Waals surface area contributed by atoms with E-state index in [1.54, 1.807) is 11.1 Å². The van der Waals surface area contributed by atoms with Gasteiger partial charge in [-0.3, -0.25) is 0 Å². The number of hydrogen-bond acceptors (Lipinski definition) is 0. The summed E-state index contributed by atoms with van der Waals surface area (Å²) < 4.78 is 1.08. The SMILES string of the molecule is CCC1=Cc2c(-c3cccc(Cl)c3Cl)cccc2[CH]1[Zr+2]([CH]1C(CC)=Cc2c(-c3cccc(Cl)c3Cl)cccc21)=[Si](C)C.[Cl-].[Cl-]. The second kappa shape index (κ2) is 15.0. The fraction of sp³-hybridized carbons (Fsp3) is 0.222. The van der Waals surface area contributed by atoms with Gasteiger partial charge in [-0.1, -0.05) is 0 Å². The molecule has 2 atom stereocenters. The van der Waals surface area contributed by atoms with Crippen molar-refractivity contribution >= 4 is 64.0 Å². The zero-order chi connectivity index (χ0) is 29.7.